The number of carbonyl (C=O) groups excluding carboxylic acids is 1. The molecule has 3 nitrogen and oxygen atoms in total. The number of benzene rings is 3. The van der Waals surface area contributed by atoms with Crippen LogP contribution in [-0.4, -0.2) is 13.0 Å². The molecular formula is C24H25NO2. The Morgan fingerprint density at radius 3 is 2.15 bits per heavy atom. The molecule has 0 saturated heterocycles. The molecule has 27 heavy (non-hydrogen) atoms. The first-order valence-electron chi connectivity index (χ1n) is 9.19. The van der Waals surface area contributed by atoms with Gasteiger partial charge in [-0.15, -0.1) is 0 Å². The topological polar surface area (TPSA) is 38.3 Å². The molecule has 0 heterocycles. The summed E-state index contributed by atoms with van der Waals surface area (Å²) in [5, 5.41) is 3.19. The van der Waals surface area contributed by atoms with Gasteiger partial charge >= 0.3 is 0 Å². The van der Waals surface area contributed by atoms with Gasteiger partial charge < -0.3 is 10.1 Å². The lowest BCUT2D eigenvalue weighted by molar-refractivity contribution is -0.121. The van der Waals surface area contributed by atoms with E-state index in [2.05, 4.69) is 36.5 Å². The molecule has 0 aliphatic heterocycles. The second-order valence-corrected chi connectivity index (χ2v) is 6.67. The van der Waals surface area contributed by atoms with Gasteiger partial charge in [-0.1, -0.05) is 72.3 Å². The van der Waals surface area contributed by atoms with Crippen molar-refractivity contribution in [3.8, 4) is 5.75 Å². The highest BCUT2D eigenvalue weighted by Gasteiger charge is 2.16. The summed E-state index contributed by atoms with van der Waals surface area (Å²) < 4.78 is 5.24. The van der Waals surface area contributed by atoms with Gasteiger partial charge in [-0.2, -0.15) is 0 Å². The van der Waals surface area contributed by atoms with Crippen molar-refractivity contribution in [2.75, 3.05) is 7.11 Å². The second kappa shape index (κ2) is 9.04. The number of aryl methyl sites for hydroxylation is 2. The van der Waals surface area contributed by atoms with Crippen molar-refractivity contribution in [2.45, 2.75) is 25.8 Å². The van der Waals surface area contributed by atoms with Crippen LogP contribution < -0.4 is 10.1 Å². The Kier molecular flexibility index (Phi) is 6.26. The zero-order chi connectivity index (χ0) is 19.1. The second-order valence-electron chi connectivity index (χ2n) is 6.67. The van der Waals surface area contributed by atoms with E-state index in [0.29, 0.717) is 6.42 Å². The molecule has 0 aromatic heterocycles. The van der Waals surface area contributed by atoms with Crippen LogP contribution in [-0.2, 0) is 11.2 Å². The lowest BCUT2D eigenvalue weighted by Gasteiger charge is -2.20. The molecular weight excluding hydrogens is 334 g/mol. The van der Waals surface area contributed by atoms with E-state index in [4.69, 9.17) is 4.74 Å². The van der Waals surface area contributed by atoms with Crippen molar-refractivity contribution >= 4 is 5.91 Å². The normalized spacial score (nSPS) is 11.6. The van der Waals surface area contributed by atoms with Crippen LogP contribution in [0.3, 0.4) is 0 Å². The first-order chi connectivity index (χ1) is 13.2. The predicted octanol–water partition coefficient (Wildman–Crippen LogP) is 4.84. The maximum absolute atomic E-state index is 12.6. The minimum absolute atomic E-state index is 0.0419. The van der Waals surface area contributed by atoms with Gasteiger partial charge in [0.25, 0.3) is 0 Å². The van der Waals surface area contributed by atoms with E-state index in [1.165, 1.54) is 11.1 Å². The van der Waals surface area contributed by atoms with Gasteiger partial charge in [0.05, 0.1) is 13.2 Å². The van der Waals surface area contributed by atoms with Crippen LogP contribution in [0.5, 0.6) is 5.75 Å². The quantitative estimate of drug-likeness (QED) is 0.655. The van der Waals surface area contributed by atoms with E-state index in [-0.39, 0.29) is 11.9 Å². The molecule has 0 bridgehead atoms. The Balaban J connectivity index is 1.72. The van der Waals surface area contributed by atoms with Gasteiger partial charge in [0, 0.05) is 6.42 Å². The molecule has 0 aliphatic rings. The first-order valence-corrected chi connectivity index (χ1v) is 9.19. The molecule has 0 aliphatic carbocycles. The SMILES string of the molecule is COc1ccc(C(NC(=O)CCc2ccc(C)cc2)c2ccccc2)cc1. The number of methoxy groups -OCH3 is 1. The molecule has 1 N–H and O–H groups in total. The van der Waals surface area contributed by atoms with Crippen molar-refractivity contribution < 1.29 is 9.53 Å². The highest BCUT2D eigenvalue weighted by atomic mass is 16.5. The third-order valence-corrected chi connectivity index (χ3v) is 4.65. The van der Waals surface area contributed by atoms with Gasteiger partial charge in [0.2, 0.25) is 5.91 Å². The highest BCUT2D eigenvalue weighted by molar-refractivity contribution is 5.77. The molecule has 0 spiro atoms. The third kappa shape index (κ3) is 5.20. The Morgan fingerprint density at radius 1 is 0.889 bits per heavy atom. The number of nitrogens with one attached hydrogen (secondary N) is 1. The zero-order valence-electron chi connectivity index (χ0n) is 15.8. The Hall–Kier alpha value is -3.07. The summed E-state index contributed by atoms with van der Waals surface area (Å²) in [4.78, 5) is 12.6. The summed E-state index contributed by atoms with van der Waals surface area (Å²) in [5.41, 5.74) is 4.50. The molecule has 1 atom stereocenters. The Bertz CT molecular complexity index is 855. The number of carbonyl (C=O) groups is 1. The zero-order valence-corrected chi connectivity index (χ0v) is 15.8. The number of amides is 1. The maximum atomic E-state index is 12.6. The van der Waals surface area contributed by atoms with Crippen molar-refractivity contribution in [1.29, 1.82) is 0 Å². The largest absolute Gasteiger partial charge is 0.497 e. The fraction of sp³-hybridized carbons (Fsp3) is 0.208. The number of ether oxygens (including phenoxy) is 1. The van der Waals surface area contributed by atoms with E-state index >= 15 is 0 Å². The third-order valence-electron chi connectivity index (χ3n) is 4.65. The lowest BCUT2D eigenvalue weighted by atomic mass is 9.98. The number of rotatable bonds is 7. The van der Waals surface area contributed by atoms with Crippen LogP contribution in [0, 0.1) is 6.92 Å². The highest BCUT2D eigenvalue weighted by Crippen LogP contribution is 2.24. The molecule has 3 aromatic rings. The maximum Gasteiger partial charge on any atom is 0.221 e. The molecule has 138 valence electrons. The van der Waals surface area contributed by atoms with E-state index in [9.17, 15) is 4.79 Å². The van der Waals surface area contributed by atoms with Crippen LogP contribution in [0.25, 0.3) is 0 Å². The number of hydrogen-bond acceptors (Lipinski definition) is 2. The summed E-state index contributed by atoms with van der Waals surface area (Å²) in [7, 11) is 1.65. The van der Waals surface area contributed by atoms with Crippen LogP contribution in [0.4, 0.5) is 0 Å². The Labute approximate surface area is 161 Å². The number of hydrogen-bond donors (Lipinski definition) is 1. The van der Waals surface area contributed by atoms with Gasteiger partial charge in [-0.25, -0.2) is 0 Å². The van der Waals surface area contributed by atoms with Crippen molar-refractivity contribution in [1.82, 2.24) is 5.32 Å². The molecule has 3 aromatic carbocycles. The average molecular weight is 359 g/mol. The van der Waals surface area contributed by atoms with Gasteiger partial charge in [-0.3, -0.25) is 4.79 Å². The van der Waals surface area contributed by atoms with E-state index in [0.717, 1.165) is 23.3 Å². The fourth-order valence-electron chi connectivity index (χ4n) is 3.05. The van der Waals surface area contributed by atoms with Crippen LogP contribution in [0.2, 0.25) is 0 Å². The fourth-order valence-corrected chi connectivity index (χ4v) is 3.05. The van der Waals surface area contributed by atoms with Crippen LogP contribution >= 0.6 is 0 Å². The molecule has 1 amide bonds. The molecule has 0 saturated carbocycles. The Morgan fingerprint density at radius 2 is 1.52 bits per heavy atom. The lowest BCUT2D eigenvalue weighted by Crippen LogP contribution is -2.29. The molecule has 3 rings (SSSR count). The molecule has 1 unspecified atom stereocenters. The van der Waals surface area contributed by atoms with Gasteiger partial charge in [0.15, 0.2) is 0 Å². The predicted molar refractivity (Wildman–Crippen MR) is 109 cm³/mol. The minimum Gasteiger partial charge on any atom is -0.497 e. The monoisotopic (exact) mass is 359 g/mol. The molecule has 0 fully saturated rings. The summed E-state index contributed by atoms with van der Waals surface area (Å²) >= 11 is 0. The summed E-state index contributed by atoms with van der Waals surface area (Å²) in [5.74, 6) is 0.844. The molecule has 0 radical (unpaired) electrons. The average Bonchev–Trinajstić information content (AvgIpc) is 2.72. The standard InChI is InChI=1S/C24H25NO2/c1-18-8-10-19(11-9-18)12-17-23(26)25-24(20-6-4-3-5-7-20)21-13-15-22(27-2)16-14-21/h3-11,13-16,24H,12,17H2,1-2H3,(H,25,26). The van der Waals surface area contributed by atoms with Gasteiger partial charge in [-0.05, 0) is 42.2 Å². The van der Waals surface area contributed by atoms with E-state index in [1.54, 1.807) is 7.11 Å². The van der Waals surface area contributed by atoms with E-state index in [1.807, 2.05) is 54.6 Å². The summed E-state index contributed by atoms with van der Waals surface area (Å²) in [6.45, 7) is 2.07. The summed E-state index contributed by atoms with van der Waals surface area (Å²) in [6.07, 6.45) is 1.19. The minimum atomic E-state index is -0.178. The van der Waals surface area contributed by atoms with E-state index < -0.39 is 0 Å². The van der Waals surface area contributed by atoms with Crippen molar-refractivity contribution in [2.24, 2.45) is 0 Å². The van der Waals surface area contributed by atoms with Crippen LogP contribution in [0.1, 0.15) is 34.7 Å². The van der Waals surface area contributed by atoms with Gasteiger partial charge in [0.1, 0.15) is 5.75 Å². The summed E-state index contributed by atoms with van der Waals surface area (Å²) in [6, 6.07) is 26.0. The molecule has 3 heteroatoms. The first kappa shape index (κ1) is 18.7. The smallest absolute Gasteiger partial charge is 0.221 e. The van der Waals surface area contributed by atoms with Crippen LogP contribution in [0.15, 0.2) is 78.9 Å². The van der Waals surface area contributed by atoms with Crippen molar-refractivity contribution in [3.05, 3.63) is 101 Å². The van der Waals surface area contributed by atoms with Crippen molar-refractivity contribution in [3.63, 3.8) is 0 Å².